The molecule has 6 atom stereocenters. The molecule has 1 aliphatic carbocycles. The summed E-state index contributed by atoms with van der Waals surface area (Å²) in [6.07, 6.45) is -10.9. The number of aliphatic hydroxyl groups excluding tert-OH is 5. The van der Waals surface area contributed by atoms with Crippen LogP contribution in [-0.4, -0.2) is 87.7 Å². The molecule has 0 unspecified atom stereocenters. The van der Waals surface area contributed by atoms with Crippen LogP contribution < -0.4 is 5.73 Å². The van der Waals surface area contributed by atoms with Crippen molar-refractivity contribution < 1.29 is 43.2 Å². The van der Waals surface area contributed by atoms with Crippen molar-refractivity contribution in [2.45, 2.75) is 36.3 Å². The molecule has 0 amide bonds. The van der Waals surface area contributed by atoms with Crippen LogP contribution in [0.25, 0.3) is 0 Å². The van der Waals surface area contributed by atoms with Crippen molar-refractivity contribution in [1.29, 1.82) is 0 Å². The Morgan fingerprint density at radius 3 is 1.79 bits per heavy atom. The van der Waals surface area contributed by atoms with E-state index in [4.69, 9.17) is 5.73 Å². The van der Waals surface area contributed by atoms with Gasteiger partial charge in [-0.25, -0.2) is 4.18 Å². The van der Waals surface area contributed by atoms with Crippen molar-refractivity contribution in [2.24, 2.45) is 5.73 Å². The van der Waals surface area contributed by atoms with E-state index in [-0.39, 0.29) is 6.54 Å². The second-order valence-corrected chi connectivity index (χ2v) is 5.94. The average Bonchev–Trinajstić information content (AvgIpc) is 2.31. The Balaban J connectivity index is 3.07. The van der Waals surface area contributed by atoms with Crippen LogP contribution in [0.1, 0.15) is 0 Å². The molecule has 1 aliphatic rings. The minimum Gasteiger partial charge on any atom is -0.387 e. The van der Waals surface area contributed by atoms with Gasteiger partial charge in [-0.2, -0.15) is 8.42 Å². The third-order valence-corrected chi connectivity index (χ3v) is 4.08. The third kappa shape index (κ3) is 3.04. The van der Waals surface area contributed by atoms with Gasteiger partial charge in [-0.3, -0.25) is 0 Å². The van der Waals surface area contributed by atoms with Gasteiger partial charge in [0.2, 0.25) is 5.79 Å². The van der Waals surface area contributed by atoms with Crippen molar-refractivity contribution in [1.82, 2.24) is 0 Å². The van der Waals surface area contributed by atoms with Gasteiger partial charge < -0.3 is 36.4 Å². The lowest BCUT2D eigenvalue weighted by molar-refractivity contribution is -0.331. The molecule has 1 rings (SSSR count). The molecule has 114 valence electrons. The maximum Gasteiger partial charge on any atom is 0.271 e. The van der Waals surface area contributed by atoms with Crippen molar-refractivity contribution in [3.05, 3.63) is 0 Å². The molecule has 8 N–H and O–H groups in total. The van der Waals surface area contributed by atoms with Crippen LogP contribution in [0.15, 0.2) is 0 Å². The van der Waals surface area contributed by atoms with Crippen LogP contribution in [0, 0.1) is 0 Å². The average molecular weight is 303 g/mol. The van der Waals surface area contributed by atoms with Crippen LogP contribution in [0.4, 0.5) is 0 Å². The highest BCUT2D eigenvalue weighted by molar-refractivity contribution is 7.86. The molecule has 0 saturated heterocycles. The van der Waals surface area contributed by atoms with E-state index in [9.17, 15) is 39.1 Å². The molecule has 0 heterocycles. The quantitative estimate of drug-likeness (QED) is 0.195. The molecule has 0 aromatic heterocycles. The van der Waals surface area contributed by atoms with Crippen LogP contribution in [0.2, 0.25) is 0 Å². The van der Waals surface area contributed by atoms with Gasteiger partial charge in [0.1, 0.15) is 30.5 Å². The van der Waals surface area contributed by atoms with Crippen molar-refractivity contribution >= 4 is 10.1 Å². The van der Waals surface area contributed by atoms with Gasteiger partial charge in [-0.1, -0.05) is 0 Å². The molecule has 0 aliphatic heterocycles. The summed E-state index contributed by atoms with van der Waals surface area (Å²) < 4.78 is 27.0. The standard InChI is InChI=1S/C8H17NO9S/c9-1-2-19(16,17)18-8(15)6(13)4(11)3(10)5(12)7(8)14/h3-7,10-15H,1-2,9H2/t3-,4-,5+,6-,7-,8-/m1/s1. The number of hydrogen-bond acceptors (Lipinski definition) is 10. The minimum atomic E-state index is -4.42. The molecule has 0 aromatic rings. The number of aliphatic hydroxyl groups is 6. The second kappa shape index (κ2) is 5.55. The molecule has 0 spiro atoms. The summed E-state index contributed by atoms with van der Waals surface area (Å²) in [6.45, 7) is -0.349. The van der Waals surface area contributed by atoms with Gasteiger partial charge in [-0.05, 0) is 0 Å². The second-order valence-electron chi connectivity index (χ2n) is 4.25. The summed E-state index contributed by atoms with van der Waals surface area (Å²) >= 11 is 0. The Morgan fingerprint density at radius 2 is 1.42 bits per heavy atom. The van der Waals surface area contributed by atoms with Crippen molar-refractivity contribution in [3.8, 4) is 0 Å². The Labute approximate surface area is 108 Å². The van der Waals surface area contributed by atoms with Crippen LogP contribution in [0.5, 0.6) is 0 Å². The highest BCUT2D eigenvalue weighted by Gasteiger charge is 2.60. The van der Waals surface area contributed by atoms with E-state index in [2.05, 4.69) is 4.18 Å². The third-order valence-electron chi connectivity index (χ3n) is 2.82. The fourth-order valence-corrected chi connectivity index (χ4v) is 2.70. The zero-order chi connectivity index (χ0) is 15.0. The summed E-state index contributed by atoms with van der Waals surface area (Å²) in [4.78, 5) is 0. The van der Waals surface area contributed by atoms with Gasteiger partial charge in [0.15, 0.2) is 0 Å². The van der Waals surface area contributed by atoms with Gasteiger partial charge in [0.25, 0.3) is 10.1 Å². The largest absolute Gasteiger partial charge is 0.387 e. The molecular weight excluding hydrogens is 286 g/mol. The van der Waals surface area contributed by atoms with E-state index in [1.54, 1.807) is 0 Å². The van der Waals surface area contributed by atoms with E-state index in [1.807, 2.05) is 0 Å². The Kier molecular flexibility index (Phi) is 4.88. The molecule has 19 heavy (non-hydrogen) atoms. The molecule has 1 fully saturated rings. The number of nitrogens with two attached hydrogens (primary N) is 1. The zero-order valence-electron chi connectivity index (χ0n) is 9.69. The summed E-state index contributed by atoms with van der Waals surface area (Å²) in [7, 11) is -4.42. The maximum absolute atomic E-state index is 11.4. The van der Waals surface area contributed by atoms with Crippen LogP contribution in [-0.2, 0) is 14.3 Å². The molecule has 1 saturated carbocycles. The SMILES string of the molecule is NCCS(=O)(=O)O[C@]1(O)[C@H](O)[C@H](O)[C@@H](O)[C@H](O)[C@H]1O. The molecular formula is C8H17NO9S. The first kappa shape index (κ1) is 16.7. The normalized spacial score (nSPS) is 44.3. The first-order valence-corrected chi connectivity index (χ1v) is 6.90. The Morgan fingerprint density at radius 1 is 1.00 bits per heavy atom. The number of rotatable bonds is 4. The van der Waals surface area contributed by atoms with Gasteiger partial charge in [-0.15, -0.1) is 0 Å². The first-order valence-electron chi connectivity index (χ1n) is 5.33. The molecule has 10 nitrogen and oxygen atoms in total. The van der Waals surface area contributed by atoms with Crippen molar-refractivity contribution in [3.63, 3.8) is 0 Å². The smallest absolute Gasteiger partial charge is 0.271 e. The molecule has 0 radical (unpaired) electrons. The first-order chi connectivity index (χ1) is 8.57. The lowest BCUT2D eigenvalue weighted by Crippen LogP contribution is -2.72. The molecule has 0 bridgehead atoms. The van der Waals surface area contributed by atoms with Gasteiger partial charge in [0.05, 0.1) is 5.75 Å². The predicted molar refractivity (Wildman–Crippen MR) is 58.9 cm³/mol. The Bertz CT molecular complexity index is 396. The molecule has 0 aromatic carbocycles. The summed E-state index contributed by atoms with van der Waals surface area (Å²) in [5, 5.41) is 56.9. The summed E-state index contributed by atoms with van der Waals surface area (Å²) in [5.74, 6) is -3.91. The fraction of sp³-hybridized carbons (Fsp3) is 1.00. The predicted octanol–water partition coefficient (Wildman–Crippen LogP) is -5.20. The van der Waals surface area contributed by atoms with E-state index < -0.39 is 52.2 Å². The Hall–Kier alpha value is -0.370. The fourth-order valence-electron chi connectivity index (χ4n) is 1.73. The highest BCUT2D eigenvalue weighted by Crippen LogP contribution is 2.32. The lowest BCUT2D eigenvalue weighted by atomic mass is 9.82. The topological polar surface area (TPSA) is 191 Å². The lowest BCUT2D eigenvalue weighted by Gasteiger charge is -2.46. The summed E-state index contributed by atoms with van der Waals surface area (Å²) in [5.41, 5.74) is 5.00. The van der Waals surface area contributed by atoms with Gasteiger partial charge in [0, 0.05) is 6.54 Å². The van der Waals surface area contributed by atoms with E-state index >= 15 is 0 Å². The minimum absolute atomic E-state index is 0.349. The van der Waals surface area contributed by atoms with E-state index in [1.165, 1.54) is 0 Å². The summed E-state index contributed by atoms with van der Waals surface area (Å²) in [6, 6.07) is 0. The van der Waals surface area contributed by atoms with E-state index in [0.717, 1.165) is 0 Å². The molecule has 11 heteroatoms. The van der Waals surface area contributed by atoms with Crippen LogP contribution in [0.3, 0.4) is 0 Å². The monoisotopic (exact) mass is 303 g/mol. The number of hydrogen-bond donors (Lipinski definition) is 7. The maximum atomic E-state index is 11.4. The highest BCUT2D eigenvalue weighted by atomic mass is 32.2. The van der Waals surface area contributed by atoms with Gasteiger partial charge >= 0.3 is 0 Å². The van der Waals surface area contributed by atoms with Crippen LogP contribution >= 0.6 is 0 Å². The van der Waals surface area contributed by atoms with E-state index in [0.29, 0.717) is 0 Å². The zero-order valence-corrected chi connectivity index (χ0v) is 10.5. The van der Waals surface area contributed by atoms with Crippen molar-refractivity contribution in [2.75, 3.05) is 12.3 Å².